The van der Waals surface area contributed by atoms with Crippen LogP contribution in [0.4, 0.5) is 5.95 Å². The number of anilines is 1. The second-order valence-electron chi connectivity index (χ2n) is 13.4. The normalized spacial score (nSPS) is 14.2. The van der Waals surface area contributed by atoms with Crippen LogP contribution in [0, 0.1) is 6.92 Å². The van der Waals surface area contributed by atoms with Crippen LogP contribution in [0.2, 0.25) is 0 Å². The lowest BCUT2D eigenvalue weighted by Gasteiger charge is -2.36. The van der Waals surface area contributed by atoms with Gasteiger partial charge in [0, 0.05) is 42.5 Å². The molecule has 0 spiro atoms. The lowest BCUT2D eigenvalue weighted by Crippen LogP contribution is -2.46. The summed E-state index contributed by atoms with van der Waals surface area (Å²) in [6.45, 7) is 7.80. The first-order valence-electron chi connectivity index (χ1n) is 17.9. The molecule has 0 bridgehead atoms. The van der Waals surface area contributed by atoms with Gasteiger partial charge in [0.05, 0.1) is 23.2 Å². The van der Waals surface area contributed by atoms with E-state index in [9.17, 15) is 23.1 Å². The molecule has 4 aromatic carbocycles. The van der Waals surface area contributed by atoms with Gasteiger partial charge in [-0.25, -0.2) is 23.1 Å². The van der Waals surface area contributed by atoms with Crippen LogP contribution in [-0.4, -0.2) is 65.9 Å². The summed E-state index contributed by atoms with van der Waals surface area (Å²) in [5.74, 6) is -0.724. The Morgan fingerprint density at radius 2 is 1.63 bits per heavy atom. The Hall–Kier alpha value is -5.13. The van der Waals surface area contributed by atoms with E-state index in [0.29, 0.717) is 23.6 Å². The number of rotatable bonds is 13. The number of unbranched alkanes of at least 4 members (excludes halogenated alkanes) is 2. The third-order valence-electron chi connectivity index (χ3n) is 9.61. The van der Waals surface area contributed by atoms with Crippen LogP contribution in [0.1, 0.15) is 76.9 Å². The van der Waals surface area contributed by atoms with Crippen molar-refractivity contribution >= 4 is 38.6 Å². The van der Waals surface area contributed by atoms with Crippen LogP contribution in [0.15, 0.2) is 96.0 Å². The Bertz CT molecular complexity index is 2200. The quantitative estimate of drug-likeness (QED) is 0.138. The number of aryl methyl sites for hydroxylation is 1. The molecule has 2 amide bonds. The summed E-state index contributed by atoms with van der Waals surface area (Å²) in [4.78, 5) is 41.5. The number of aromatic nitrogens is 2. The molecule has 52 heavy (non-hydrogen) atoms. The highest BCUT2D eigenvalue weighted by molar-refractivity contribution is 7.90. The van der Waals surface area contributed by atoms with E-state index >= 15 is 0 Å². The second-order valence-corrected chi connectivity index (χ2v) is 15.1. The van der Waals surface area contributed by atoms with Crippen LogP contribution in [-0.2, 0) is 23.0 Å². The van der Waals surface area contributed by atoms with Gasteiger partial charge in [-0.1, -0.05) is 86.8 Å². The first-order chi connectivity index (χ1) is 25.1. The third-order valence-corrected chi connectivity index (χ3v) is 10.9. The van der Waals surface area contributed by atoms with Gasteiger partial charge in [-0.3, -0.25) is 9.59 Å². The van der Waals surface area contributed by atoms with Crippen LogP contribution in [0.25, 0.3) is 22.0 Å². The van der Waals surface area contributed by atoms with Gasteiger partial charge in [-0.2, -0.15) is 0 Å². The maximum absolute atomic E-state index is 14.6. The number of fused-ring (bicyclic) bond motifs is 2. The van der Waals surface area contributed by atoms with Gasteiger partial charge >= 0.3 is 0 Å². The Morgan fingerprint density at radius 3 is 2.37 bits per heavy atom. The summed E-state index contributed by atoms with van der Waals surface area (Å²) in [5.41, 5.74) is 4.14. The summed E-state index contributed by atoms with van der Waals surface area (Å²) < 4.78 is 29.2. The van der Waals surface area contributed by atoms with Gasteiger partial charge in [0.1, 0.15) is 0 Å². The molecule has 5 aromatic rings. The number of nitrogens with one attached hydrogen (secondary N) is 1. The van der Waals surface area contributed by atoms with Crippen molar-refractivity contribution in [2.75, 3.05) is 24.6 Å². The van der Waals surface area contributed by atoms with Crippen molar-refractivity contribution in [3.63, 3.8) is 0 Å². The monoisotopic (exact) mass is 719 g/mol. The number of aliphatic hydroxyl groups excluding tert-OH is 1. The molecule has 2 heterocycles. The second kappa shape index (κ2) is 16.0. The van der Waals surface area contributed by atoms with Gasteiger partial charge in [0.25, 0.3) is 21.8 Å². The molecule has 270 valence electrons. The molecule has 0 saturated carbocycles. The summed E-state index contributed by atoms with van der Waals surface area (Å²) in [6.07, 6.45) is 6.14. The minimum atomic E-state index is -4.26. The van der Waals surface area contributed by atoms with Crippen molar-refractivity contribution in [3.05, 3.63) is 119 Å². The number of carbonyl (C=O) groups excluding carboxylic acids is 2. The van der Waals surface area contributed by atoms with Gasteiger partial charge in [0.2, 0.25) is 5.95 Å². The predicted molar refractivity (Wildman–Crippen MR) is 204 cm³/mol. The molecule has 6 rings (SSSR count). The molecular formula is C41H45N5O5S. The molecule has 0 fully saturated rings. The van der Waals surface area contributed by atoms with E-state index in [1.54, 1.807) is 29.3 Å². The predicted octanol–water partition coefficient (Wildman–Crippen LogP) is 6.69. The molecule has 1 aromatic heterocycles. The van der Waals surface area contributed by atoms with Crippen molar-refractivity contribution in [2.45, 2.75) is 70.4 Å². The van der Waals surface area contributed by atoms with E-state index in [1.165, 1.54) is 24.3 Å². The number of aliphatic hydroxyl groups is 1. The molecule has 1 aliphatic rings. The van der Waals surface area contributed by atoms with E-state index in [-0.39, 0.29) is 29.2 Å². The van der Waals surface area contributed by atoms with Crippen LogP contribution in [0.3, 0.4) is 0 Å². The van der Waals surface area contributed by atoms with E-state index in [0.717, 1.165) is 66.2 Å². The molecule has 1 aliphatic heterocycles. The van der Waals surface area contributed by atoms with E-state index in [2.05, 4.69) is 28.5 Å². The maximum atomic E-state index is 14.6. The average molecular weight is 720 g/mol. The largest absolute Gasteiger partial charge is 0.394 e. The topological polar surface area (TPSA) is 133 Å². The number of carbonyl (C=O) groups is 2. The van der Waals surface area contributed by atoms with Gasteiger partial charge < -0.3 is 14.9 Å². The molecule has 11 heteroatoms. The van der Waals surface area contributed by atoms with Crippen molar-refractivity contribution in [1.29, 1.82) is 0 Å². The number of benzene rings is 4. The van der Waals surface area contributed by atoms with Crippen molar-refractivity contribution in [3.8, 4) is 11.3 Å². The zero-order valence-corrected chi connectivity index (χ0v) is 30.7. The van der Waals surface area contributed by atoms with E-state index in [4.69, 9.17) is 4.98 Å². The highest BCUT2D eigenvalue weighted by Crippen LogP contribution is 2.31. The first-order valence-corrected chi connectivity index (χ1v) is 19.4. The minimum absolute atomic E-state index is 0.00735. The minimum Gasteiger partial charge on any atom is -0.394 e. The van der Waals surface area contributed by atoms with Crippen molar-refractivity contribution < 1.29 is 23.1 Å². The highest BCUT2D eigenvalue weighted by Gasteiger charge is 2.32. The molecule has 2 N–H and O–H groups in total. The molecule has 1 unspecified atom stereocenters. The SMILES string of the molecule is CCCCN(CCCC)c1nccc(-c2ccc(C(=O)NS(=O)(=O)c3ccc4ccc(C)cc4c3)cc2C(=O)N2Cc3ccccc3CC2CO)n1. The van der Waals surface area contributed by atoms with Gasteiger partial charge in [-0.15, -0.1) is 0 Å². The fourth-order valence-electron chi connectivity index (χ4n) is 6.64. The Morgan fingerprint density at radius 1 is 0.904 bits per heavy atom. The highest BCUT2D eigenvalue weighted by atomic mass is 32.2. The molecule has 0 saturated heterocycles. The number of nitrogens with zero attached hydrogens (tertiary/aromatic N) is 4. The standard InChI is InChI=1S/C41H45N5O5S/c1-4-6-20-45(21-7-5-2)41-42-19-18-38(43-41)36-17-15-31(25-37(36)40(49)46-26-32-11-9-8-10-30(32)23-34(46)27-47)39(48)44-52(50,51)35-16-14-29-13-12-28(3)22-33(29)24-35/h8-19,22,24-25,34,47H,4-7,20-21,23,26-27H2,1-3H3,(H,44,48). The smallest absolute Gasteiger partial charge is 0.265 e. The Kier molecular flexibility index (Phi) is 11.3. The molecule has 1 atom stereocenters. The van der Waals surface area contributed by atoms with Gasteiger partial charge in [0.15, 0.2) is 0 Å². The fourth-order valence-corrected chi connectivity index (χ4v) is 7.65. The Labute approximate surface area is 305 Å². The van der Waals surface area contributed by atoms with Crippen molar-refractivity contribution in [1.82, 2.24) is 19.6 Å². The molecular weight excluding hydrogens is 675 g/mol. The number of amides is 2. The van der Waals surface area contributed by atoms with Gasteiger partial charge in [-0.05, 0) is 78.4 Å². The van der Waals surface area contributed by atoms with Crippen molar-refractivity contribution in [2.24, 2.45) is 0 Å². The maximum Gasteiger partial charge on any atom is 0.265 e. The zero-order chi connectivity index (χ0) is 36.8. The number of hydrogen-bond donors (Lipinski definition) is 2. The Balaban J connectivity index is 1.39. The molecule has 0 radical (unpaired) electrons. The van der Waals surface area contributed by atoms with E-state index in [1.807, 2.05) is 49.4 Å². The third kappa shape index (κ3) is 8.00. The summed E-state index contributed by atoms with van der Waals surface area (Å²) in [5, 5.41) is 12.0. The van der Waals surface area contributed by atoms with Crippen LogP contribution < -0.4 is 9.62 Å². The number of sulfonamides is 1. The van der Waals surface area contributed by atoms with Crippen LogP contribution >= 0.6 is 0 Å². The average Bonchev–Trinajstić information content (AvgIpc) is 3.16. The number of hydrogen-bond acceptors (Lipinski definition) is 8. The van der Waals surface area contributed by atoms with E-state index < -0.39 is 27.9 Å². The molecule has 10 nitrogen and oxygen atoms in total. The van der Waals surface area contributed by atoms with Crippen LogP contribution in [0.5, 0.6) is 0 Å². The first kappa shape index (κ1) is 36.7. The molecule has 0 aliphatic carbocycles. The summed E-state index contributed by atoms with van der Waals surface area (Å²) in [6, 6.07) is 24.1. The fraction of sp³-hybridized carbons (Fsp3) is 0.317. The summed E-state index contributed by atoms with van der Waals surface area (Å²) >= 11 is 0. The lowest BCUT2D eigenvalue weighted by atomic mass is 9.92. The lowest BCUT2D eigenvalue weighted by molar-refractivity contribution is 0.0545. The zero-order valence-electron chi connectivity index (χ0n) is 29.9. The summed E-state index contributed by atoms with van der Waals surface area (Å²) in [7, 11) is -4.26.